The third kappa shape index (κ3) is 4.70. The Hall–Kier alpha value is -1.66. The highest BCUT2D eigenvalue weighted by Gasteiger charge is 2.35. The molecule has 2 fully saturated rings. The number of piperidine rings is 1. The maximum Gasteiger partial charge on any atom is 0.269 e. The first-order valence-electron chi connectivity index (χ1n) is 8.65. The molecular formula is C18H26ClN3O3. The number of nitro groups is 1. The quantitative estimate of drug-likeness (QED) is 0.617. The number of hydrogen-bond donors (Lipinski definition) is 2. The molecule has 2 atom stereocenters. The van der Waals surface area contributed by atoms with Crippen LogP contribution in [-0.2, 0) is 10.3 Å². The van der Waals surface area contributed by atoms with Gasteiger partial charge in [0.25, 0.3) is 5.69 Å². The normalized spacial score (nSPS) is 25.1. The molecule has 25 heavy (non-hydrogen) atoms. The highest BCUT2D eigenvalue weighted by atomic mass is 35.5. The Kier molecular flexibility index (Phi) is 6.06. The summed E-state index contributed by atoms with van der Waals surface area (Å²) in [5.41, 5.74) is 0.385. The number of non-ortho nitro benzene ring substituents is 1. The van der Waals surface area contributed by atoms with Crippen LogP contribution in [0.5, 0.6) is 0 Å². The summed E-state index contributed by atoms with van der Waals surface area (Å²) in [5, 5.41) is 17.4. The zero-order chi connectivity index (χ0) is 17.3. The van der Waals surface area contributed by atoms with Gasteiger partial charge in [-0.1, -0.05) is 0 Å². The molecule has 1 amide bonds. The van der Waals surface area contributed by atoms with Gasteiger partial charge in [-0.25, -0.2) is 0 Å². The maximum absolute atomic E-state index is 12.5. The van der Waals surface area contributed by atoms with Crippen LogP contribution >= 0.6 is 12.4 Å². The van der Waals surface area contributed by atoms with E-state index >= 15 is 0 Å². The van der Waals surface area contributed by atoms with E-state index in [4.69, 9.17) is 0 Å². The van der Waals surface area contributed by atoms with E-state index in [-0.39, 0.29) is 24.0 Å². The number of nitrogens with zero attached hydrogens (tertiary/aromatic N) is 1. The number of carbonyl (C=O) groups excluding carboxylic acids is 1. The second kappa shape index (κ2) is 7.70. The number of halogens is 1. The van der Waals surface area contributed by atoms with Gasteiger partial charge in [0, 0.05) is 30.6 Å². The van der Waals surface area contributed by atoms with E-state index in [9.17, 15) is 14.9 Å². The molecule has 0 aliphatic carbocycles. The highest BCUT2D eigenvalue weighted by Crippen LogP contribution is 2.33. The number of nitrogens with one attached hydrogen (secondary N) is 2. The number of hydrogen-bond acceptors (Lipinski definition) is 4. The lowest BCUT2D eigenvalue weighted by Gasteiger charge is -2.31. The SMILES string of the molecule is CC(C)(NC(=O)CC1CC2CCC(C1)N2)c1ccc([N+](=O)[O-])cc1.Cl. The average molecular weight is 368 g/mol. The van der Waals surface area contributed by atoms with Crippen LogP contribution in [0.2, 0.25) is 0 Å². The van der Waals surface area contributed by atoms with Crippen LogP contribution in [0.15, 0.2) is 24.3 Å². The van der Waals surface area contributed by atoms with E-state index in [1.54, 1.807) is 12.1 Å². The van der Waals surface area contributed by atoms with Gasteiger partial charge < -0.3 is 10.6 Å². The number of amides is 1. The molecule has 2 aliphatic heterocycles. The minimum Gasteiger partial charge on any atom is -0.347 e. The van der Waals surface area contributed by atoms with Crippen molar-refractivity contribution in [2.45, 2.75) is 63.6 Å². The lowest BCUT2D eigenvalue weighted by molar-refractivity contribution is -0.384. The Morgan fingerprint density at radius 2 is 1.80 bits per heavy atom. The Morgan fingerprint density at radius 3 is 2.32 bits per heavy atom. The molecule has 2 unspecified atom stereocenters. The van der Waals surface area contributed by atoms with Gasteiger partial charge in [-0.3, -0.25) is 14.9 Å². The molecule has 1 aromatic rings. The summed E-state index contributed by atoms with van der Waals surface area (Å²) < 4.78 is 0. The van der Waals surface area contributed by atoms with Crippen LogP contribution in [0.1, 0.15) is 51.5 Å². The summed E-state index contributed by atoms with van der Waals surface area (Å²) >= 11 is 0. The predicted molar refractivity (Wildman–Crippen MR) is 98.8 cm³/mol. The first-order chi connectivity index (χ1) is 11.3. The van der Waals surface area contributed by atoms with Crippen molar-refractivity contribution in [1.29, 1.82) is 0 Å². The van der Waals surface area contributed by atoms with Gasteiger partial charge in [-0.15, -0.1) is 12.4 Å². The topological polar surface area (TPSA) is 84.3 Å². The summed E-state index contributed by atoms with van der Waals surface area (Å²) in [4.78, 5) is 22.8. The fourth-order valence-electron chi connectivity index (χ4n) is 4.08. The second-order valence-corrected chi connectivity index (χ2v) is 7.66. The van der Waals surface area contributed by atoms with Crippen molar-refractivity contribution in [2.24, 2.45) is 5.92 Å². The zero-order valence-electron chi connectivity index (χ0n) is 14.7. The maximum atomic E-state index is 12.5. The third-order valence-electron chi connectivity index (χ3n) is 5.30. The van der Waals surface area contributed by atoms with E-state index in [1.807, 2.05) is 13.8 Å². The highest BCUT2D eigenvalue weighted by molar-refractivity contribution is 5.85. The lowest BCUT2D eigenvalue weighted by Crippen LogP contribution is -2.44. The molecule has 2 aliphatic rings. The van der Waals surface area contributed by atoms with Crippen molar-refractivity contribution >= 4 is 24.0 Å². The van der Waals surface area contributed by atoms with E-state index in [0.717, 1.165) is 18.4 Å². The van der Waals surface area contributed by atoms with E-state index < -0.39 is 10.5 Å². The van der Waals surface area contributed by atoms with Gasteiger partial charge in [-0.2, -0.15) is 0 Å². The summed E-state index contributed by atoms with van der Waals surface area (Å²) in [6.07, 6.45) is 5.20. The van der Waals surface area contributed by atoms with Crippen molar-refractivity contribution in [3.63, 3.8) is 0 Å². The Morgan fingerprint density at radius 1 is 1.24 bits per heavy atom. The minimum absolute atomic E-state index is 0. The average Bonchev–Trinajstić information content (AvgIpc) is 2.85. The predicted octanol–water partition coefficient (Wildman–Crippen LogP) is 3.29. The molecule has 0 aromatic heterocycles. The standard InChI is InChI=1S/C18H25N3O3.ClH/c1-18(2,13-3-7-16(8-4-13)21(23)24)20-17(22)11-12-9-14-5-6-15(10-12)19-14;/h3-4,7-8,12,14-15,19H,5-6,9-11H2,1-2H3,(H,20,22);1H. The minimum atomic E-state index is -0.544. The molecule has 1 aromatic carbocycles. The largest absolute Gasteiger partial charge is 0.347 e. The zero-order valence-corrected chi connectivity index (χ0v) is 15.5. The van der Waals surface area contributed by atoms with Gasteiger partial charge in [0.1, 0.15) is 0 Å². The number of fused-ring (bicyclic) bond motifs is 2. The number of benzene rings is 1. The van der Waals surface area contributed by atoms with Crippen LogP contribution in [0, 0.1) is 16.0 Å². The molecule has 7 heteroatoms. The fourth-order valence-corrected chi connectivity index (χ4v) is 4.08. The fraction of sp³-hybridized carbons (Fsp3) is 0.611. The van der Waals surface area contributed by atoms with Gasteiger partial charge in [0.05, 0.1) is 10.5 Å². The Labute approximate surface area is 154 Å². The van der Waals surface area contributed by atoms with Crippen molar-refractivity contribution in [2.75, 3.05) is 0 Å². The molecule has 2 N–H and O–H groups in total. The van der Waals surface area contributed by atoms with Crippen LogP contribution in [0.3, 0.4) is 0 Å². The summed E-state index contributed by atoms with van der Waals surface area (Å²) in [7, 11) is 0. The van der Waals surface area contributed by atoms with Gasteiger partial charge in [-0.05, 0) is 63.1 Å². The van der Waals surface area contributed by atoms with Gasteiger partial charge >= 0.3 is 0 Å². The molecule has 2 saturated heterocycles. The van der Waals surface area contributed by atoms with Crippen LogP contribution in [-0.4, -0.2) is 22.9 Å². The van der Waals surface area contributed by atoms with E-state index in [1.165, 1.54) is 25.0 Å². The van der Waals surface area contributed by atoms with Crippen LogP contribution in [0.25, 0.3) is 0 Å². The summed E-state index contributed by atoms with van der Waals surface area (Å²) in [6.45, 7) is 3.86. The Balaban J connectivity index is 0.00000225. The second-order valence-electron chi connectivity index (χ2n) is 7.66. The molecule has 0 spiro atoms. The summed E-state index contributed by atoms with van der Waals surface area (Å²) in [5.74, 6) is 0.515. The monoisotopic (exact) mass is 367 g/mol. The van der Waals surface area contributed by atoms with E-state index in [2.05, 4.69) is 10.6 Å². The molecule has 6 nitrogen and oxygen atoms in total. The third-order valence-corrected chi connectivity index (χ3v) is 5.30. The molecule has 138 valence electrons. The molecule has 0 saturated carbocycles. The van der Waals surface area contributed by atoms with Gasteiger partial charge in [0.2, 0.25) is 5.91 Å². The first-order valence-corrected chi connectivity index (χ1v) is 8.65. The van der Waals surface area contributed by atoms with Crippen LogP contribution < -0.4 is 10.6 Å². The lowest BCUT2D eigenvalue weighted by atomic mass is 9.88. The molecule has 2 bridgehead atoms. The molecule has 2 heterocycles. The molecule has 0 radical (unpaired) electrons. The number of nitro benzene ring substituents is 1. The van der Waals surface area contributed by atoms with Crippen molar-refractivity contribution in [3.05, 3.63) is 39.9 Å². The van der Waals surface area contributed by atoms with Crippen LogP contribution in [0.4, 0.5) is 5.69 Å². The number of carbonyl (C=O) groups is 1. The van der Waals surface area contributed by atoms with Crippen molar-refractivity contribution in [1.82, 2.24) is 10.6 Å². The summed E-state index contributed by atoms with van der Waals surface area (Å²) in [6, 6.07) is 7.56. The molecule has 3 rings (SSSR count). The van der Waals surface area contributed by atoms with E-state index in [0.29, 0.717) is 24.4 Å². The molecular weight excluding hydrogens is 342 g/mol. The van der Waals surface area contributed by atoms with Crippen molar-refractivity contribution in [3.8, 4) is 0 Å². The Bertz CT molecular complexity index is 621. The number of rotatable bonds is 5. The van der Waals surface area contributed by atoms with Gasteiger partial charge in [0.15, 0.2) is 0 Å². The van der Waals surface area contributed by atoms with Crippen molar-refractivity contribution < 1.29 is 9.72 Å². The smallest absolute Gasteiger partial charge is 0.269 e. The first kappa shape index (κ1) is 19.7.